The minimum atomic E-state index is -0.174. The molecule has 0 fully saturated rings. The van der Waals surface area contributed by atoms with E-state index in [9.17, 15) is 9.59 Å². The van der Waals surface area contributed by atoms with Gasteiger partial charge in [0, 0.05) is 23.2 Å². The number of amides is 1. The number of aromatic nitrogens is 3. The minimum Gasteiger partial charge on any atom is -0.311 e. The number of pyridine rings is 1. The Bertz CT molecular complexity index is 1290. The van der Waals surface area contributed by atoms with Crippen molar-refractivity contribution in [1.29, 1.82) is 0 Å². The largest absolute Gasteiger partial charge is 0.311 e. The third-order valence-corrected chi connectivity index (χ3v) is 6.59. The van der Waals surface area contributed by atoms with Gasteiger partial charge in [0.05, 0.1) is 17.2 Å². The highest BCUT2D eigenvalue weighted by molar-refractivity contribution is 7.18. The van der Waals surface area contributed by atoms with Crippen LogP contribution in [0, 0.1) is 0 Å². The third-order valence-electron chi connectivity index (χ3n) is 5.39. The van der Waals surface area contributed by atoms with Gasteiger partial charge in [-0.3, -0.25) is 14.2 Å². The average Bonchev–Trinajstić information content (AvgIpc) is 3.12. The van der Waals surface area contributed by atoms with Crippen LogP contribution < -0.4 is 10.9 Å². The summed E-state index contributed by atoms with van der Waals surface area (Å²) in [5, 5.41) is 4.60. The summed E-state index contributed by atoms with van der Waals surface area (Å²) < 4.78 is 1.55. The highest BCUT2D eigenvalue weighted by atomic mass is 32.1. The Kier molecular flexibility index (Phi) is 4.60. The predicted molar refractivity (Wildman–Crippen MR) is 116 cm³/mol. The fourth-order valence-electron chi connectivity index (χ4n) is 3.90. The van der Waals surface area contributed by atoms with Gasteiger partial charge in [-0.1, -0.05) is 18.2 Å². The fourth-order valence-corrected chi connectivity index (χ4v) is 5.12. The van der Waals surface area contributed by atoms with Crippen LogP contribution in [0.4, 0.5) is 5.82 Å². The van der Waals surface area contributed by atoms with Gasteiger partial charge in [-0.15, -0.1) is 11.3 Å². The average molecular weight is 404 g/mol. The lowest BCUT2D eigenvalue weighted by atomic mass is 9.97. The van der Waals surface area contributed by atoms with E-state index in [4.69, 9.17) is 0 Å². The molecule has 0 bridgehead atoms. The van der Waals surface area contributed by atoms with Crippen molar-refractivity contribution >= 4 is 44.2 Å². The maximum Gasteiger partial charge on any atom is 0.262 e. The molecule has 7 heteroatoms. The maximum absolute atomic E-state index is 13.0. The summed E-state index contributed by atoms with van der Waals surface area (Å²) in [6.45, 7) is 0.297. The van der Waals surface area contributed by atoms with Gasteiger partial charge >= 0.3 is 0 Å². The number of fused-ring (bicyclic) bond motifs is 4. The zero-order chi connectivity index (χ0) is 19.8. The Morgan fingerprint density at radius 1 is 1.14 bits per heavy atom. The van der Waals surface area contributed by atoms with Crippen LogP contribution in [0.1, 0.15) is 29.7 Å². The molecule has 1 aliphatic rings. The second kappa shape index (κ2) is 7.40. The molecular formula is C22H20N4O2S. The van der Waals surface area contributed by atoms with Gasteiger partial charge in [0.1, 0.15) is 10.6 Å². The molecule has 0 saturated carbocycles. The normalized spacial score (nSPS) is 13.5. The molecule has 29 heavy (non-hydrogen) atoms. The number of aryl methyl sites for hydroxylation is 3. The fraction of sp³-hybridized carbons (Fsp3) is 0.273. The first kappa shape index (κ1) is 18.0. The molecular weight excluding hydrogens is 384 g/mol. The van der Waals surface area contributed by atoms with E-state index < -0.39 is 0 Å². The van der Waals surface area contributed by atoms with Crippen molar-refractivity contribution in [1.82, 2.24) is 14.5 Å². The summed E-state index contributed by atoms with van der Waals surface area (Å²) in [5.41, 5.74) is 1.97. The number of nitrogens with one attached hydrogen (secondary N) is 1. The molecule has 3 heterocycles. The van der Waals surface area contributed by atoms with E-state index in [1.54, 1.807) is 28.3 Å². The van der Waals surface area contributed by atoms with Crippen molar-refractivity contribution in [3.8, 4) is 0 Å². The number of nitrogens with zero attached hydrogens (tertiary/aromatic N) is 3. The maximum atomic E-state index is 13.0. The lowest BCUT2D eigenvalue weighted by Crippen LogP contribution is -2.24. The Hall–Kier alpha value is -3.06. The molecule has 1 aromatic carbocycles. The van der Waals surface area contributed by atoms with Crippen LogP contribution in [-0.2, 0) is 24.2 Å². The van der Waals surface area contributed by atoms with E-state index in [1.165, 1.54) is 16.9 Å². The molecule has 0 saturated heterocycles. The molecule has 3 aromatic heterocycles. The van der Waals surface area contributed by atoms with Crippen LogP contribution in [0.5, 0.6) is 0 Å². The van der Waals surface area contributed by atoms with Gasteiger partial charge < -0.3 is 5.32 Å². The first-order valence-electron chi connectivity index (χ1n) is 9.84. The number of rotatable bonds is 4. The topological polar surface area (TPSA) is 76.9 Å². The van der Waals surface area contributed by atoms with Gasteiger partial charge in [-0.05, 0) is 49.4 Å². The molecule has 0 aliphatic heterocycles. The summed E-state index contributed by atoms with van der Waals surface area (Å²) in [6.07, 6.45) is 6.04. The van der Waals surface area contributed by atoms with Crippen molar-refractivity contribution in [2.45, 2.75) is 38.6 Å². The molecule has 0 unspecified atom stereocenters. The number of carbonyl (C=O) groups excluding carboxylic acids is 1. The number of thiophene rings is 1. The molecule has 0 radical (unpaired) electrons. The van der Waals surface area contributed by atoms with Crippen LogP contribution in [0.2, 0.25) is 0 Å². The van der Waals surface area contributed by atoms with Crippen LogP contribution >= 0.6 is 11.3 Å². The van der Waals surface area contributed by atoms with Crippen molar-refractivity contribution < 1.29 is 4.79 Å². The summed E-state index contributed by atoms with van der Waals surface area (Å²) in [7, 11) is 0. The second-order valence-electron chi connectivity index (χ2n) is 7.32. The van der Waals surface area contributed by atoms with Gasteiger partial charge in [0.2, 0.25) is 5.91 Å². The standard InChI is InChI=1S/C22H20N4O2S/c27-19(25-18-10-9-14-5-1-3-7-16(14)24-18)11-12-26-13-23-21-20(22(26)28)15-6-2-4-8-17(15)29-21/h1,3,5,7,9-10,13H,2,4,6,8,11-12H2,(H,24,25,27). The van der Waals surface area contributed by atoms with E-state index in [-0.39, 0.29) is 17.9 Å². The van der Waals surface area contributed by atoms with Crippen LogP contribution in [0.3, 0.4) is 0 Å². The van der Waals surface area contributed by atoms with Crippen LogP contribution in [0.25, 0.3) is 21.1 Å². The number of para-hydroxylation sites is 1. The zero-order valence-corrected chi connectivity index (χ0v) is 16.7. The summed E-state index contributed by atoms with van der Waals surface area (Å²) in [4.78, 5) is 36.4. The summed E-state index contributed by atoms with van der Waals surface area (Å²) in [5.74, 6) is 0.341. The van der Waals surface area contributed by atoms with E-state index in [2.05, 4.69) is 15.3 Å². The smallest absolute Gasteiger partial charge is 0.262 e. The zero-order valence-electron chi connectivity index (χ0n) is 15.9. The minimum absolute atomic E-state index is 0.0361. The van der Waals surface area contributed by atoms with E-state index in [1.807, 2.05) is 30.3 Å². The lowest BCUT2D eigenvalue weighted by molar-refractivity contribution is -0.116. The predicted octanol–water partition coefficient (Wildman–Crippen LogP) is 3.91. The Morgan fingerprint density at radius 3 is 2.93 bits per heavy atom. The lowest BCUT2D eigenvalue weighted by Gasteiger charge is -2.10. The molecule has 1 amide bonds. The number of anilines is 1. The quantitative estimate of drug-likeness (QED) is 0.559. The van der Waals surface area contributed by atoms with Gasteiger partial charge in [0.15, 0.2) is 0 Å². The van der Waals surface area contributed by atoms with Crippen molar-refractivity contribution in [3.63, 3.8) is 0 Å². The molecule has 5 rings (SSSR count). The van der Waals surface area contributed by atoms with Crippen LogP contribution in [-0.4, -0.2) is 20.4 Å². The number of benzene rings is 1. The first-order chi connectivity index (χ1) is 14.2. The van der Waals surface area contributed by atoms with Crippen LogP contribution in [0.15, 0.2) is 47.5 Å². The highest BCUT2D eigenvalue weighted by Crippen LogP contribution is 2.33. The second-order valence-corrected chi connectivity index (χ2v) is 8.41. The van der Waals surface area contributed by atoms with Crippen molar-refractivity contribution in [2.75, 3.05) is 5.32 Å². The third kappa shape index (κ3) is 3.42. The van der Waals surface area contributed by atoms with Crippen molar-refractivity contribution in [3.05, 3.63) is 63.5 Å². The Labute approximate surface area is 171 Å². The van der Waals surface area contributed by atoms with Gasteiger partial charge in [-0.25, -0.2) is 9.97 Å². The molecule has 0 spiro atoms. The van der Waals surface area contributed by atoms with Gasteiger partial charge in [-0.2, -0.15) is 0 Å². The van der Waals surface area contributed by atoms with E-state index in [0.29, 0.717) is 12.4 Å². The highest BCUT2D eigenvalue weighted by Gasteiger charge is 2.20. The first-order valence-corrected chi connectivity index (χ1v) is 10.7. The SMILES string of the molecule is O=C(CCn1cnc2sc3c(c2c1=O)CCCC3)Nc1ccc2ccccc2n1. The monoisotopic (exact) mass is 404 g/mol. The number of hydrogen-bond donors (Lipinski definition) is 1. The van der Waals surface area contributed by atoms with E-state index >= 15 is 0 Å². The number of hydrogen-bond acceptors (Lipinski definition) is 5. The molecule has 0 atom stereocenters. The Balaban J connectivity index is 1.32. The van der Waals surface area contributed by atoms with Crippen molar-refractivity contribution in [2.24, 2.45) is 0 Å². The summed E-state index contributed by atoms with van der Waals surface area (Å²) >= 11 is 1.64. The Morgan fingerprint density at radius 2 is 2.00 bits per heavy atom. The van der Waals surface area contributed by atoms with Gasteiger partial charge in [0.25, 0.3) is 5.56 Å². The molecule has 1 N–H and O–H groups in total. The number of carbonyl (C=O) groups is 1. The van der Waals surface area contributed by atoms with E-state index in [0.717, 1.165) is 40.4 Å². The molecule has 4 aromatic rings. The summed E-state index contributed by atoms with van der Waals surface area (Å²) in [6, 6.07) is 11.5. The molecule has 146 valence electrons. The molecule has 1 aliphatic carbocycles. The molecule has 6 nitrogen and oxygen atoms in total.